The highest BCUT2D eigenvalue weighted by Gasteiger charge is 2.41. The molecule has 4 aromatic rings. The number of aliphatic hydroxyl groups is 1. The number of ether oxygens (including phenoxy) is 2. The van der Waals surface area contributed by atoms with Gasteiger partial charge in [0.1, 0.15) is 36.0 Å². The van der Waals surface area contributed by atoms with Crippen LogP contribution in [-0.2, 0) is 21.6 Å². The van der Waals surface area contributed by atoms with Gasteiger partial charge in [0, 0.05) is 33.7 Å². The number of halogens is 3. The fourth-order valence-corrected chi connectivity index (χ4v) is 6.21. The summed E-state index contributed by atoms with van der Waals surface area (Å²) < 4.78 is 41.8. The SMILES string of the molecule is CC(SC1COC(c2ccc(C(=O)Nc3ccc(C#N)c(Cl)c3)cc2)OC1)C(O)(Cn1cncn1)c1ccc(F)cc1F. The summed E-state index contributed by atoms with van der Waals surface area (Å²) in [6.45, 7) is 2.23. The van der Waals surface area contributed by atoms with Crippen LogP contribution >= 0.6 is 23.4 Å². The van der Waals surface area contributed by atoms with Gasteiger partial charge in [0.15, 0.2) is 6.29 Å². The maximum absolute atomic E-state index is 14.8. The van der Waals surface area contributed by atoms with Crippen molar-refractivity contribution in [3.63, 3.8) is 0 Å². The fourth-order valence-electron chi connectivity index (χ4n) is 4.67. The third-order valence-electron chi connectivity index (χ3n) is 7.00. The molecule has 1 aromatic heterocycles. The van der Waals surface area contributed by atoms with Crippen molar-refractivity contribution >= 4 is 35.0 Å². The van der Waals surface area contributed by atoms with Gasteiger partial charge in [-0.1, -0.05) is 36.7 Å². The molecule has 2 heterocycles. The van der Waals surface area contributed by atoms with Gasteiger partial charge in [-0.3, -0.25) is 4.79 Å². The maximum atomic E-state index is 14.8. The summed E-state index contributed by atoms with van der Waals surface area (Å²) in [4.78, 5) is 16.6. The Bertz CT molecular complexity index is 1630. The molecule has 0 bridgehead atoms. The predicted molar refractivity (Wildman–Crippen MR) is 156 cm³/mol. The van der Waals surface area contributed by atoms with E-state index in [1.165, 1.54) is 47.3 Å². The lowest BCUT2D eigenvalue weighted by Crippen LogP contribution is -2.43. The molecule has 1 fully saturated rings. The van der Waals surface area contributed by atoms with Crippen molar-refractivity contribution in [3.8, 4) is 6.07 Å². The Labute approximate surface area is 255 Å². The minimum Gasteiger partial charge on any atom is -0.382 e. The summed E-state index contributed by atoms with van der Waals surface area (Å²) in [7, 11) is 0. The van der Waals surface area contributed by atoms with Crippen molar-refractivity contribution in [2.45, 2.75) is 35.9 Å². The van der Waals surface area contributed by atoms with Crippen LogP contribution in [0.25, 0.3) is 0 Å². The molecular formula is C30H26ClF2N5O4S. The molecule has 0 radical (unpaired) electrons. The van der Waals surface area contributed by atoms with Gasteiger partial charge in [-0.2, -0.15) is 10.4 Å². The van der Waals surface area contributed by atoms with Gasteiger partial charge in [0.25, 0.3) is 5.91 Å². The van der Waals surface area contributed by atoms with Crippen molar-refractivity contribution in [1.29, 1.82) is 5.26 Å². The van der Waals surface area contributed by atoms with E-state index in [1.54, 1.807) is 37.3 Å². The monoisotopic (exact) mass is 625 g/mol. The highest BCUT2D eigenvalue weighted by molar-refractivity contribution is 8.00. The molecule has 0 spiro atoms. The summed E-state index contributed by atoms with van der Waals surface area (Å²) >= 11 is 7.41. The van der Waals surface area contributed by atoms with Crippen LogP contribution in [0.15, 0.2) is 73.3 Å². The standard InChI is InChI=1S/C30H26ClF2N5O4S/c1-18(30(40,15-38-17-35-16-36-38)25-9-7-22(32)10-27(25)33)43-24-13-41-29(42-14-24)20-4-2-19(3-5-20)28(39)37-23-8-6-21(12-34)26(31)11-23/h2-11,16-18,24,29,40H,13-15H2,1H3,(H,37,39). The van der Waals surface area contributed by atoms with E-state index < -0.39 is 28.8 Å². The number of benzene rings is 3. The number of hydrogen-bond acceptors (Lipinski definition) is 8. The molecule has 1 aliphatic heterocycles. The first kappa shape index (κ1) is 30.6. The van der Waals surface area contributed by atoms with E-state index in [9.17, 15) is 18.7 Å². The van der Waals surface area contributed by atoms with Gasteiger partial charge in [-0.15, -0.1) is 11.8 Å². The van der Waals surface area contributed by atoms with Crippen LogP contribution in [0.3, 0.4) is 0 Å². The zero-order valence-electron chi connectivity index (χ0n) is 22.8. The first-order valence-electron chi connectivity index (χ1n) is 13.2. The smallest absolute Gasteiger partial charge is 0.255 e. The van der Waals surface area contributed by atoms with Crippen molar-refractivity contribution in [2.24, 2.45) is 0 Å². The van der Waals surface area contributed by atoms with Gasteiger partial charge < -0.3 is 19.9 Å². The van der Waals surface area contributed by atoms with Crippen molar-refractivity contribution < 1.29 is 28.2 Å². The molecule has 222 valence electrons. The number of aromatic nitrogens is 3. The van der Waals surface area contributed by atoms with Crippen LogP contribution in [0.4, 0.5) is 14.5 Å². The summed E-state index contributed by atoms with van der Waals surface area (Å²) in [5, 5.41) is 27.0. The molecule has 1 amide bonds. The number of thioether (sulfide) groups is 1. The highest BCUT2D eigenvalue weighted by atomic mass is 35.5. The van der Waals surface area contributed by atoms with Crippen LogP contribution in [0.2, 0.25) is 5.02 Å². The lowest BCUT2D eigenvalue weighted by atomic mass is 9.90. The molecule has 0 aliphatic carbocycles. The van der Waals surface area contributed by atoms with Crippen LogP contribution in [0.5, 0.6) is 0 Å². The van der Waals surface area contributed by atoms with Crippen LogP contribution in [0, 0.1) is 23.0 Å². The molecule has 1 saturated heterocycles. The van der Waals surface area contributed by atoms with Gasteiger partial charge in [-0.25, -0.2) is 18.4 Å². The predicted octanol–water partition coefficient (Wildman–Crippen LogP) is 5.46. The van der Waals surface area contributed by atoms with Crippen LogP contribution in [0.1, 0.15) is 40.3 Å². The fraction of sp³-hybridized carbons (Fsp3) is 0.267. The number of rotatable bonds is 9. The molecule has 5 rings (SSSR count). The lowest BCUT2D eigenvalue weighted by Gasteiger charge is -2.37. The molecule has 2 atom stereocenters. The Kier molecular flexibility index (Phi) is 9.39. The zero-order chi connectivity index (χ0) is 30.6. The van der Waals surface area contributed by atoms with E-state index in [0.717, 1.165) is 12.1 Å². The van der Waals surface area contributed by atoms with E-state index >= 15 is 0 Å². The van der Waals surface area contributed by atoms with Gasteiger partial charge in [0.05, 0.1) is 35.6 Å². The number of carbonyl (C=O) groups excluding carboxylic acids is 1. The van der Waals surface area contributed by atoms with E-state index in [-0.39, 0.29) is 41.5 Å². The summed E-state index contributed by atoms with van der Waals surface area (Å²) in [5.41, 5.74) is 0.104. The van der Waals surface area contributed by atoms with Crippen molar-refractivity contribution in [3.05, 3.63) is 112 Å². The van der Waals surface area contributed by atoms with Gasteiger partial charge >= 0.3 is 0 Å². The van der Waals surface area contributed by atoms with E-state index in [2.05, 4.69) is 15.4 Å². The number of hydrogen-bond donors (Lipinski definition) is 2. The topological polar surface area (TPSA) is 122 Å². The number of carbonyl (C=O) groups is 1. The van der Waals surface area contributed by atoms with Gasteiger partial charge in [-0.05, 0) is 36.4 Å². The number of nitriles is 1. The van der Waals surface area contributed by atoms with E-state index in [4.69, 9.17) is 26.3 Å². The Morgan fingerprint density at radius 2 is 1.95 bits per heavy atom. The first-order valence-corrected chi connectivity index (χ1v) is 14.5. The zero-order valence-corrected chi connectivity index (χ0v) is 24.4. The molecule has 2 N–H and O–H groups in total. The minimum atomic E-state index is -1.74. The maximum Gasteiger partial charge on any atom is 0.255 e. The minimum absolute atomic E-state index is 0.0497. The van der Waals surface area contributed by atoms with Crippen molar-refractivity contribution in [2.75, 3.05) is 18.5 Å². The lowest BCUT2D eigenvalue weighted by molar-refractivity contribution is -0.180. The average molecular weight is 626 g/mol. The number of amides is 1. The molecule has 0 saturated carbocycles. The van der Waals surface area contributed by atoms with Gasteiger partial charge in [0.2, 0.25) is 0 Å². The second kappa shape index (κ2) is 13.2. The molecule has 13 heteroatoms. The summed E-state index contributed by atoms with van der Waals surface area (Å²) in [6, 6.07) is 16.5. The summed E-state index contributed by atoms with van der Waals surface area (Å²) in [6.07, 6.45) is 2.07. The summed E-state index contributed by atoms with van der Waals surface area (Å²) in [5.74, 6) is -1.95. The molecule has 9 nitrogen and oxygen atoms in total. The third kappa shape index (κ3) is 7.04. The molecule has 43 heavy (non-hydrogen) atoms. The average Bonchev–Trinajstić information content (AvgIpc) is 3.50. The molecular weight excluding hydrogens is 600 g/mol. The Morgan fingerprint density at radius 3 is 2.58 bits per heavy atom. The molecule has 2 unspecified atom stereocenters. The Morgan fingerprint density at radius 1 is 1.21 bits per heavy atom. The molecule has 1 aliphatic rings. The normalized spacial score (nSPS) is 18.8. The largest absolute Gasteiger partial charge is 0.382 e. The van der Waals surface area contributed by atoms with Crippen LogP contribution in [-0.4, -0.2) is 49.5 Å². The van der Waals surface area contributed by atoms with E-state index in [0.29, 0.717) is 22.4 Å². The second-order valence-electron chi connectivity index (χ2n) is 9.92. The quantitative estimate of drug-likeness (QED) is 0.252. The number of anilines is 1. The highest BCUT2D eigenvalue weighted by Crippen LogP contribution is 2.39. The molecule has 3 aromatic carbocycles. The second-order valence-corrected chi connectivity index (χ2v) is 12.0. The third-order valence-corrected chi connectivity index (χ3v) is 8.76. The number of nitrogens with zero attached hydrogens (tertiary/aromatic N) is 4. The Balaban J connectivity index is 1.20. The van der Waals surface area contributed by atoms with Crippen molar-refractivity contribution in [1.82, 2.24) is 14.8 Å². The Hall–Kier alpha value is -3.86. The van der Waals surface area contributed by atoms with E-state index in [1.807, 2.05) is 6.07 Å². The van der Waals surface area contributed by atoms with Crippen LogP contribution < -0.4 is 5.32 Å². The first-order chi connectivity index (χ1) is 20.7. The number of nitrogens with one attached hydrogen (secondary N) is 1.